The summed E-state index contributed by atoms with van der Waals surface area (Å²) in [5, 5.41) is 0. The molecule has 10 rings (SSSR count). The van der Waals surface area contributed by atoms with Crippen LogP contribution in [0.25, 0.3) is 55.6 Å². The lowest BCUT2D eigenvalue weighted by Crippen LogP contribution is -2.18. The fourth-order valence-electron chi connectivity index (χ4n) is 8.42. The van der Waals surface area contributed by atoms with Crippen molar-refractivity contribution in [2.45, 2.75) is 39.2 Å². The smallest absolute Gasteiger partial charge is 0.128 e. The van der Waals surface area contributed by atoms with E-state index in [1.54, 1.807) is 0 Å². The van der Waals surface area contributed by atoms with Crippen LogP contribution in [0.4, 0.5) is 17.1 Å². The first-order valence-corrected chi connectivity index (χ1v) is 19.2. The van der Waals surface area contributed by atoms with Gasteiger partial charge in [-0.1, -0.05) is 160 Å². The molecule has 262 valence electrons. The monoisotopic (exact) mass is 697 g/mol. The van der Waals surface area contributed by atoms with Gasteiger partial charge in [0.15, 0.2) is 0 Å². The molecule has 0 radical (unpaired) electrons. The van der Waals surface area contributed by atoms with Crippen molar-refractivity contribution in [3.63, 3.8) is 0 Å². The number of anilines is 3. The minimum atomic E-state index is -0.0237. The van der Waals surface area contributed by atoms with Crippen LogP contribution in [-0.2, 0) is 0 Å². The van der Waals surface area contributed by atoms with Gasteiger partial charge < -0.3 is 9.64 Å². The molecule has 0 fully saturated rings. The molecule has 2 atom stereocenters. The van der Waals surface area contributed by atoms with Crippen molar-refractivity contribution in [2.75, 3.05) is 4.90 Å². The van der Waals surface area contributed by atoms with E-state index in [0.29, 0.717) is 0 Å². The van der Waals surface area contributed by atoms with Crippen molar-refractivity contribution >= 4 is 17.1 Å². The maximum Gasteiger partial charge on any atom is 0.128 e. The van der Waals surface area contributed by atoms with Gasteiger partial charge in [0.1, 0.15) is 11.9 Å². The fourth-order valence-corrected chi connectivity index (χ4v) is 8.42. The zero-order valence-electron chi connectivity index (χ0n) is 31.0. The first-order valence-electron chi connectivity index (χ1n) is 19.2. The standard InChI is InChI=1S/C49H35NO.C3H8/c1-32-38-27-28-45(48(32)42-22-11-10-21-41(42)40-20-9-8-19-39(38)40)50(44-24-14-26-47-49(44)43-23-12-13-25-46(43)51-47)37-30-35(33-15-4-2-5-16-33)29-36(31-37)34-17-6-3-7-18-34;1-3-2/h2-31,43,46H,1H3;3H2,1-2H3. The van der Waals surface area contributed by atoms with E-state index in [2.05, 4.69) is 208 Å². The molecular formula is C52H43NO. The molecule has 0 N–H and O–H groups in total. The van der Waals surface area contributed by atoms with E-state index in [1.807, 2.05) is 0 Å². The lowest BCUT2D eigenvalue weighted by Gasteiger charge is -2.32. The zero-order chi connectivity index (χ0) is 36.6. The first-order chi connectivity index (χ1) is 26.6. The van der Waals surface area contributed by atoms with Gasteiger partial charge in [0.25, 0.3) is 0 Å². The van der Waals surface area contributed by atoms with E-state index in [1.165, 1.54) is 73.2 Å². The van der Waals surface area contributed by atoms with Crippen molar-refractivity contribution in [3.8, 4) is 61.4 Å². The molecular weight excluding hydrogens is 655 g/mol. The van der Waals surface area contributed by atoms with Crippen LogP contribution in [0.1, 0.15) is 37.3 Å². The van der Waals surface area contributed by atoms with Gasteiger partial charge in [0.05, 0.1) is 11.4 Å². The number of hydrogen-bond donors (Lipinski definition) is 0. The van der Waals surface area contributed by atoms with Crippen LogP contribution in [0.2, 0.25) is 0 Å². The average molecular weight is 698 g/mol. The van der Waals surface area contributed by atoms with Gasteiger partial charge in [-0.2, -0.15) is 0 Å². The second-order valence-electron chi connectivity index (χ2n) is 14.3. The number of hydrogen-bond acceptors (Lipinski definition) is 2. The molecule has 2 aliphatic carbocycles. The van der Waals surface area contributed by atoms with Gasteiger partial charge in [-0.25, -0.2) is 0 Å². The summed E-state index contributed by atoms with van der Waals surface area (Å²) < 4.78 is 6.62. The molecule has 1 heterocycles. The van der Waals surface area contributed by atoms with E-state index < -0.39 is 0 Å². The van der Waals surface area contributed by atoms with Crippen LogP contribution in [0.3, 0.4) is 0 Å². The third kappa shape index (κ3) is 5.76. The minimum absolute atomic E-state index is 0.0237. The van der Waals surface area contributed by atoms with Crippen molar-refractivity contribution < 1.29 is 4.74 Å². The van der Waals surface area contributed by atoms with Gasteiger partial charge in [-0.15, -0.1) is 0 Å². The Morgan fingerprint density at radius 2 is 1.06 bits per heavy atom. The highest BCUT2D eigenvalue weighted by Gasteiger charge is 2.37. The van der Waals surface area contributed by atoms with Gasteiger partial charge in [0, 0.05) is 22.7 Å². The summed E-state index contributed by atoms with van der Waals surface area (Å²) in [4.78, 5) is 2.51. The second kappa shape index (κ2) is 14.2. The topological polar surface area (TPSA) is 12.5 Å². The van der Waals surface area contributed by atoms with E-state index >= 15 is 0 Å². The number of nitrogens with zero attached hydrogens (tertiary/aromatic N) is 1. The third-order valence-corrected chi connectivity index (χ3v) is 10.7. The number of rotatable bonds is 5. The molecule has 2 unspecified atom stereocenters. The Morgan fingerprint density at radius 1 is 0.500 bits per heavy atom. The number of fused-ring (bicyclic) bond motifs is 10. The number of benzene rings is 7. The largest absolute Gasteiger partial charge is 0.485 e. The second-order valence-corrected chi connectivity index (χ2v) is 14.3. The molecule has 1 aliphatic heterocycles. The molecule has 3 aliphatic rings. The van der Waals surface area contributed by atoms with E-state index in [-0.39, 0.29) is 12.0 Å². The predicted octanol–water partition coefficient (Wildman–Crippen LogP) is 14.5. The average Bonchev–Trinajstić information content (AvgIpc) is 3.59. The fraction of sp³-hybridized carbons (Fsp3) is 0.115. The van der Waals surface area contributed by atoms with Crippen molar-refractivity contribution in [1.82, 2.24) is 0 Å². The van der Waals surface area contributed by atoms with Crippen LogP contribution in [0.5, 0.6) is 5.75 Å². The quantitative estimate of drug-likeness (QED) is 0.177. The highest BCUT2D eigenvalue weighted by molar-refractivity contribution is 6.04. The summed E-state index contributed by atoms with van der Waals surface area (Å²) in [6, 6.07) is 57.5. The number of ether oxygens (including phenoxy) is 1. The van der Waals surface area contributed by atoms with E-state index in [4.69, 9.17) is 4.74 Å². The van der Waals surface area contributed by atoms with Gasteiger partial charge in [0.2, 0.25) is 0 Å². The lowest BCUT2D eigenvalue weighted by molar-refractivity contribution is 0.269. The summed E-state index contributed by atoms with van der Waals surface area (Å²) in [7, 11) is 0. The molecule has 2 nitrogen and oxygen atoms in total. The molecule has 0 spiro atoms. The minimum Gasteiger partial charge on any atom is -0.485 e. The third-order valence-electron chi connectivity index (χ3n) is 10.7. The van der Waals surface area contributed by atoms with Crippen molar-refractivity contribution in [3.05, 3.63) is 193 Å². The van der Waals surface area contributed by atoms with Crippen LogP contribution in [-0.4, -0.2) is 6.10 Å². The molecule has 7 aromatic carbocycles. The molecule has 0 aromatic heterocycles. The Balaban J connectivity index is 0.00000124. The van der Waals surface area contributed by atoms with Crippen LogP contribution in [0, 0.1) is 6.92 Å². The Kier molecular flexibility index (Phi) is 8.81. The maximum absolute atomic E-state index is 6.62. The Hall–Kier alpha value is -6.38. The molecule has 0 amide bonds. The van der Waals surface area contributed by atoms with Crippen LogP contribution < -0.4 is 9.64 Å². The van der Waals surface area contributed by atoms with Gasteiger partial charge >= 0.3 is 0 Å². The Morgan fingerprint density at radius 3 is 1.70 bits per heavy atom. The first kappa shape index (κ1) is 33.5. The Labute approximate surface area is 319 Å². The number of allylic oxidation sites excluding steroid dienone is 2. The Bertz CT molecular complexity index is 2490. The van der Waals surface area contributed by atoms with Crippen molar-refractivity contribution in [2.24, 2.45) is 0 Å². The summed E-state index contributed by atoms with van der Waals surface area (Å²) in [6.45, 7) is 6.55. The normalized spacial score (nSPS) is 15.4. The van der Waals surface area contributed by atoms with E-state index in [9.17, 15) is 0 Å². The van der Waals surface area contributed by atoms with Crippen LogP contribution >= 0.6 is 0 Å². The SMILES string of the molecule is CCC.Cc1c2ccc(N(c3cc(-c4ccccc4)cc(-c4ccccc4)c3)c3cccc4c3C3C=CC=CC3O4)c1-c1ccccc1-c1ccccc1-2. The van der Waals surface area contributed by atoms with Gasteiger partial charge in [-0.05, 0) is 105 Å². The molecule has 7 aromatic rings. The summed E-state index contributed by atoms with van der Waals surface area (Å²) in [5.41, 5.74) is 18.1. The van der Waals surface area contributed by atoms with Crippen LogP contribution in [0.15, 0.2) is 182 Å². The van der Waals surface area contributed by atoms with E-state index in [0.717, 1.165) is 22.8 Å². The molecule has 54 heavy (non-hydrogen) atoms. The highest BCUT2D eigenvalue weighted by Crippen LogP contribution is 2.55. The molecule has 0 saturated heterocycles. The maximum atomic E-state index is 6.62. The summed E-state index contributed by atoms with van der Waals surface area (Å²) >= 11 is 0. The molecule has 0 saturated carbocycles. The molecule has 2 heteroatoms. The summed E-state index contributed by atoms with van der Waals surface area (Å²) in [6.07, 6.45) is 9.96. The summed E-state index contributed by atoms with van der Waals surface area (Å²) in [5.74, 6) is 1.06. The highest BCUT2D eigenvalue weighted by atomic mass is 16.5. The van der Waals surface area contributed by atoms with Gasteiger partial charge in [-0.3, -0.25) is 0 Å². The molecule has 2 bridgehead atoms. The zero-order valence-corrected chi connectivity index (χ0v) is 31.0. The predicted molar refractivity (Wildman–Crippen MR) is 228 cm³/mol. The lowest BCUT2D eigenvalue weighted by atomic mass is 9.88. The van der Waals surface area contributed by atoms with Crippen molar-refractivity contribution in [1.29, 1.82) is 0 Å².